The smallest absolute Gasteiger partial charge is 0.202 e. The Balaban J connectivity index is 3.28. The van der Waals surface area contributed by atoms with Gasteiger partial charge in [0, 0.05) is 6.42 Å². The second-order valence-corrected chi connectivity index (χ2v) is 10.4. The van der Waals surface area contributed by atoms with Gasteiger partial charge in [-0.1, -0.05) is 9.24 Å². The molecule has 0 spiro atoms. The summed E-state index contributed by atoms with van der Waals surface area (Å²) in [7, 11) is 2.93. The van der Waals surface area contributed by atoms with Gasteiger partial charge in [0.1, 0.15) is 5.34 Å². The molecule has 0 heterocycles. The third kappa shape index (κ3) is 5.74. The van der Waals surface area contributed by atoms with E-state index in [0.717, 1.165) is 25.7 Å². The highest BCUT2D eigenvalue weighted by atomic mass is 31.0. The molecular formula is C18H37O3P. The SMILES string of the molecule is CC(C)(C)OC1(P)CCCCC1(OC(C)(C)C)OC(C)(C)C. The average molecular weight is 332 g/mol. The molecule has 2 unspecified atom stereocenters. The van der Waals surface area contributed by atoms with Crippen LogP contribution in [0, 0.1) is 0 Å². The Hall–Kier alpha value is 0.310. The largest absolute Gasteiger partial charge is 0.360 e. The van der Waals surface area contributed by atoms with Gasteiger partial charge >= 0.3 is 0 Å². The standard InChI is InChI=1S/C18H37O3P/c1-14(2,3)19-17(20-15(4,5)6)12-10-11-13-18(17,22)21-16(7,8)9/h10-13,22H2,1-9H3. The molecule has 3 nitrogen and oxygen atoms in total. The highest BCUT2D eigenvalue weighted by Crippen LogP contribution is 2.52. The molecule has 0 aromatic carbocycles. The maximum atomic E-state index is 6.54. The Morgan fingerprint density at radius 3 is 1.36 bits per heavy atom. The highest BCUT2D eigenvalue weighted by Gasteiger charge is 2.58. The molecule has 1 rings (SSSR count). The Bertz CT molecular complexity index is 357. The molecule has 22 heavy (non-hydrogen) atoms. The van der Waals surface area contributed by atoms with Crippen molar-refractivity contribution in [1.29, 1.82) is 0 Å². The Morgan fingerprint density at radius 1 is 0.636 bits per heavy atom. The fourth-order valence-electron chi connectivity index (χ4n) is 3.11. The topological polar surface area (TPSA) is 27.7 Å². The lowest BCUT2D eigenvalue weighted by Gasteiger charge is -2.56. The summed E-state index contributed by atoms with van der Waals surface area (Å²) >= 11 is 0. The van der Waals surface area contributed by atoms with Gasteiger partial charge in [-0.15, -0.1) is 0 Å². The zero-order chi connectivity index (χ0) is 17.4. The molecule has 0 amide bonds. The van der Waals surface area contributed by atoms with E-state index in [-0.39, 0.29) is 16.8 Å². The summed E-state index contributed by atoms with van der Waals surface area (Å²) in [5.74, 6) is -0.750. The molecule has 0 saturated heterocycles. The van der Waals surface area contributed by atoms with Crippen LogP contribution in [0.3, 0.4) is 0 Å². The van der Waals surface area contributed by atoms with Gasteiger partial charge in [-0.3, -0.25) is 0 Å². The number of hydrogen-bond acceptors (Lipinski definition) is 3. The molecule has 0 N–H and O–H groups in total. The lowest BCUT2D eigenvalue weighted by atomic mass is 9.88. The predicted molar refractivity (Wildman–Crippen MR) is 96.2 cm³/mol. The van der Waals surface area contributed by atoms with Crippen LogP contribution in [0.2, 0.25) is 0 Å². The minimum atomic E-state index is -0.750. The summed E-state index contributed by atoms with van der Waals surface area (Å²) < 4.78 is 19.6. The minimum absolute atomic E-state index is 0.257. The van der Waals surface area contributed by atoms with Gasteiger partial charge in [-0.05, 0) is 81.6 Å². The van der Waals surface area contributed by atoms with Crippen LogP contribution in [0.1, 0.15) is 88.0 Å². The third-order valence-corrected chi connectivity index (χ3v) is 4.23. The van der Waals surface area contributed by atoms with Crippen LogP contribution in [0.25, 0.3) is 0 Å². The van der Waals surface area contributed by atoms with Crippen molar-refractivity contribution in [3.05, 3.63) is 0 Å². The van der Waals surface area contributed by atoms with Gasteiger partial charge in [-0.2, -0.15) is 0 Å². The summed E-state index contributed by atoms with van der Waals surface area (Å²) in [6.07, 6.45) is 3.99. The van der Waals surface area contributed by atoms with E-state index >= 15 is 0 Å². The highest BCUT2D eigenvalue weighted by molar-refractivity contribution is 7.18. The first kappa shape index (κ1) is 20.4. The molecule has 1 fully saturated rings. The quantitative estimate of drug-likeness (QED) is 0.520. The van der Waals surface area contributed by atoms with Crippen molar-refractivity contribution in [2.24, 2.45) is 0 Å². The van der Waals surface area contributed by atoms with Crippen molar-refractivity contribution in [3.8, 4) is 0 Å². The second-order valence-electron chi connectivity index (χ2n) is 9.49. The van der Waals surface area contributed by atoms with E-state index < -0.39 is 11.1 Å². The van der Waals surface area contributed by atoms with Crippen molar-refractivity contribution in [3.63, 3.8) is 0 Å². The fourth-order valence-corrected chi connectivity index (χ4v) is 3.93. The maximum absolute atomic E-state index is 6.54. The normalized spacial score (nSPS) is 27.0. The van der Waals surface area contributed by atoms with Gasteiger partial charge in [0.2, 0.25) is 5.79 Å². The van der Waals surface area contributed by atoms with Crippen molar-refractivity contribution in [2.45, 2.75) is 116 Å². The summed E-state index contributed by atoms with van der Waals surface area (Å²) in [5.41, 5.74) is -0.857. The molecule has 0 bridgehead atoms. The lowest BCUT2D eigenvalue weighted by molar-refractivity contribution is -0.379. The third-order valence-electron chi connectivity index (χ3n) is 3.38. The van der Waals surface area contributed by atoms with Crippen LogP contribution < -0.4 is 0 Å². The first-order valence-corrected chi connectivity index (χ1v) is 9.05. The van der Waals surface area contributed by atoms with E-state index in [1.165, 1.54) is 0 Å². The molecule has 2 atom stereocenters. The first-order chi connectivity index (χ1) is 9.58. The summed E-state index contributed by atoms with van der Waals surface area (Å²) in [6.45, 7) is 18.8. The summed E-state index contributed by atoms with van der Waals surface area (Å²) in [4.78, 5) is 0. The Morgan fingerprint density at radius 2 is 1.00 bits per heavy atom. The lowest BCUT2D eigenvalue weighted by Crippen LogP contribution is -2.63. The van der Waals surface area contributed by atoms with E-state index in [2.05, 4.69) is 71.6 Å². The van der Waals surface area contributed by atoms with Crippen molar-refractivity contribution in [1.82, 2.24) is 0 Å². The summed E-state index contributed by atoms with van der Waals surface area (Å²) in [5, 5.41) is -0.538. The Kier molecular flexibility index (Phi) is 5.84. The number of rotatable bonds is 3. The molecule has 0 radical (unpaired) electrons. The van der Waals surface area contributed by atoms with Crippen LogP contribution >= 0.6 is 9.24 Å². The fraction of sp³-hybridized carbons (Fsp3) is 1.00. The number of hydrogen-bond donors (Lipinski definition) is 0. The van der Waals surface area contributed by atoms with Gasteiger partial charge in [0.25, 0.3) is 0 Å². The second kappa shape index (κ2) is 6.31. The van der Waals surface area contributed by atoms with E-state index in [1.54, 1.807) is 0 Å². The summed E-state index contributed by atoms with van der Waals surface area (Å²) in [6, 6.07) is 0. The van der Waals surface area contributed by atoms with Gasteiger partial charge < -0.3 is 14.2 Å². The molecule has 0 aromatic rings. The molecule has 0 aromatic heterocycles. The minimum Gasteiger partial charge on any atom is -0.360 e. The zero-order valence-electron chi connectivity index (χ0n) is 16.1. The molecule has 1 aliphatic rings. The predicted octanol–water partition coefficient (Wildman–Crippen LogP) is 5.27. The molecule has 132 valence electrons. The van der Waals surface area contributed by atoms with Gasteiger partial charge in [0.15, 0.2) is 0 Å². The molecule has 4 heteroatoms. The van der Waals surface area contributed by atoms with E-state index in [1.807, 2.05) is 0 Å². The first-order valence-electron chi connectivity index (χ1n) is 8.47. The van der Waals surface area contributed by atoms with E-state index in [0.29, 0.717) is 0 Å². The Labute approximate surface area is 140 Å². The maximum Gasteiger partial charge on any atom is 0.202 e. The van der Waals surface area contributed by atoms with E-state index in [9.17, 15) is 0 Å². The molecule has 1 aliphatic carbocycles. The monoisotopic (exact) mass is 332 g/mol. The van der Waals surface area contributed by atoms with E-state index in [4.69, 9.17) is 14.2 Å². The zero-order valence-corrected chi connectivity index (χ0v) is 17.3. The van der Waals surface area contributed by atoms with Gasteiger partial charge in [-0.25, -0.2) is 0 Å². The van der Waals surface area contributed by atoms with Gasteiger partial charge in [0.05, 0.1) is 16.8 Å². The number of ether oxygens (including phenoxy) is 3. The van der Waals surface area contributed by atoms with Crippen molar-refractivity contribution < 1.29 is 14.2 Å². The average Bonchev–Trinajstić information content (AvgIpc) is 2.15. The van der Waals surface area contributed by atoms with Crippen LogP contribution in [0.15, 0.2) is 0 Å². The van der Waals surface area contributed by atoms with Crippen LogP contribution in [0.5, 0.6) is 0 Å². The molecule has 0 aliphatic heterocycles. The molecule has 1 saturated carbocycles. The van der Waals surface area contributed by atoms with Crippen LogP contribution in [-0.4, -0.2) is 27.9 Å². The van der Waals surface area contributed by atoms with Crippen LogP contribution in [0.4, 0.5) is 0 Å². The van der Waals surface area contributed by atoms with Crippen LogP contribution in [-0.2, 0) is 14.2 Å². The molecular weight excluding hydrogens is 295 g/mol. The van der Waals surface area contributed by atoms with Crippen molar-refractivity contribution >= 4 is 9.24 Å². The van der Waals surface area contributed by atoms with Crippen molar-refractivity contribution in [2.75, 3.05) is 0 Å².